The van der Waals surface area contributed by atoms with Crippen LogP contribution < -0.4 is 9.61 Å². The molecule has 3 atom stereocenters. The molecule has 2 amide bonds. The second kappa shape index (κ2) is 9.24. The van der Waals surface area contributed by atoms with Gasteiger partial charge in [0, 0.05) is 28.5 Å². The third-order valence-corrected chi connectivity index (χ3v) is 8.39. The summed E-state index contributed by atoms with van der Waals surface area (Å²) in [6.07, 6.45) is 0. The Morgan fingerprint density at radius 2 is 1.89 bits per heavy atom. The highest BCUT2D eigenvalue weighted by Gasteiger charge is 2.56. The van der Waals surface area contributed by atoms with Gasteiger partial charge in [-0.15, -0.1) is 0 Å². The van der Waals surface area contributed by atoms with Crippen molar-refractivity contribution in [3.8, 4) is 5.75 Å². The number of aromatic amines is 1. The molecule has 2 aliphatic rings. The number of H-pyrrole nitrogens is 1. The van der Waals surface area contributed by atoms with E-state index in [0.29, 0.717) is 14.8 Å². The number of nitrogens with zero attached hydrogens (tertiary/aromatic N) is 2. The topological polar surface area (TPSA) is 160 Å². The van der Waals surface area contributed by atoms with Crippen molar-refractivity contribution in [2.24, 2.45) is 5.92 Å². The van der Waals surface area contributed by atoms with Crippen molar-refractivity contribution in [3.63, 3.8) is 0 Å². The number of aromatic nitrogens is 1. The number of hydrogen-bond donors (Lipinski definition) is 2. The number of hydrogen-bond acceptors (Lipinski definition) is 9. The number of carboxylic acids is 1. The number of carbonyl (C=O) groups is 3. The average molecular weight is 528 g/mol. The van der Waals surface area contributed by atoms with Crippen LogP contribution in [0, 0.1) is 16.0 Å². The Labute approximate surface area is 210 Å². The Balaban J connectivity index is 1.64. The number of thioether (sulfide) groups is 1. The van der Waals surface area contributed by atoms with Crippen molar-refractivity contribution in [3.05, 3.63) is 84.3 Å². The zero-order chi connectivity index (χ0) is 25.6. The first-order valence-electron chi connectivity index (χ1n) is 10.7. The number of benzene rings is 2. The number of rotatable bonds is 7. The number of imide groups is 1. The van der Waals surface area contributed by atoms with E-state index in [9.17, 15) is 34.4 Å². The number of nitro benzene ring substituents is 1. The molecule has 0 saturated carbocycles. The monoisotopic (exact) mass is 527 g/mol. The van der Waals surface area contributed by atoms with Gasteiger partial charge in [-0.05, 0) is 11.6 Å². The SMILES string of the molecule is O=C(O)CN1C(=O)C2Sc3[nH]c(=O)sc3[C@@H](c3cc([N+](=O)[O-])ccc3OCc3ccccc3)C2C1=O. The minimum absolute atomic E-state index is 0.134. The number of carbonyl (C=O) groups excluding carboxylic acids is 2. The van der Waals surface area contributed by atoms with Crippen molar-refractivity contribution in [1.29, 1.82) is 0 Å². The maximum Gasteiger partial charge on any atom is 0.323 e. The molecule has 2 aromatic carbocycles. The number of aliphatic carboxylic acids is 1. The van der Waals surface area contributed by atoms with Gasteiger partial charge in [-0.2, -0.15) is 0 Å². The molecule has 1 fully saturated rings. The van der Waals surface area contributed by atoms with Gasteiger partial charge < -0.3 is 14.8 Å². The predicted octanol–water partition coefficient (Wildman–Crippen LogP) is 2.60. The molecule has 184 valence electrons. The summed E-state index contributed by atoms with van der Waals surface area (Å²) in [5.74, 6) is -4.49. The number of thiazole rings is 1. The smallest absolute Gasteiger partial charge is 0.323 e. The maximum atomic E-state index is 13.4. The summed E-state index contributed by atoms with van der Waals surface area (Å²) < 4.78 is 6.02. The third kappa shape index (κ3) is 4.16. The van der Waals surface area contributed by atoms with Crippen molar-refractivity contribution in [2.45, 2.75) is 22.8 Å². The zero-order valence-corrected chi connectivity index (χ0v) is 19.9. The fourth-order valence-electron chi connectivity index (χ4n) is 4.46. The van der Waals surface area contributed by atoms with E-state index in [1.807, 2.05) is 30.3 Å². The minimum Gasteiger partial charge on any atom is -0.489 e. The molecule has 2 aliphatic heterocycles. The molecule has 0 aliphatic carbocycles. The summed E-state index contributed by atoms with van der Waals surface area (Å²) in [6.45, 7) is -0.663. The molecule has 13 heteroatoms. The lowest BCUT2D eigenvalue weighted by Crippen LogP contribution is -2.36. The average Bonchev–Trinajstić information content (AvgIpc) is 3.33. The van der Waals surface area contributed by atoms with Gasteiger partial charge in [0.25, 0.3) is 5.69 Å². The highest BCUT2D eigenvalue weighted by atomic mass is 32.2. The van der Waals surface area contributed by atoms with E-state index >= 15 is 0 Å². The normalized spacial score (nSPS) is 20.7. The van der Waals surface area contributed by atoms with Gasteiger partial charge in [0.15, 0.2) is 0 Å². The third-order valence-electron chi connectivity index (χ3n) is 5.99. The molecule has 5 rings (SSSR count). The lowest BCUT2D eigenvalue weighted by atomic mass is 9.82. The summed E-state index contributed by atoms with van der Waals surface area (Å²) in [5.41, 5.74) is 0.853. The van der Waals surface area contributed by atoms with Crippen LogP contribution in [0.2, 0.25) is 0 Å². The predicted molar refractivity (Wildman–Crippen MR) is 128 cm³/mol. The maximum absolute atomic E-state index is 13.4. The van der Waals surface area contributed by atoms with Crippen LogP contribution >= 0.6 is 23.1 Å². The lowest BCUT2D eigenvalue weighted by molar-refractivity contribution is -0.385. The standard InChI is InChI=1S/C23H17N3O8S2/c27-15(28)9-25-21(29)17-16(18-20(24-23(31)36-18)35-19(17)22(25)30)13-8-12(26(32)33)6-7-14(13)34-10-11-4-2-1-3-5-11/h1-8,16-17,19H,9-10H2,(H,24,31)(H,27,28)/t16-,17?,19?/m0/s1. The van der Waals surface area contributed by atoms with Crippen LogP contribution in [0.5, 0.6) is 5.75 Å². The van der Waals surface area contributed by atoms with Gasteiger partial charge in [-0.1, -0.05) is 53.4 Å². The van der Waals surface area contributed by atoms with Crippen molar-refractivity contribution >= 4 is 46.6 Å². The first kappa shape index (κ1) is 23.8. The summed E-state index contributed by atoms with van der Waals surface area (Å²) in [7, 11) is 0. The number of fused-ring (bicyclic) bond motifs is 2. The number of ether oxygens (including phenoxy) is 1. The van der Waals surface area contributed by atoms with Gasteiger partial charge in [0.05, 0.1) is 15.9 Å². The summed E-state index contributed by atoms with van der Waals surface area (Å²) in [4.78, 5) is 64.4. The molecule has 1 saturated heterocycles. The van der Waals surface area contributed by atoms with Crippen molar-refractivity contribution in [1.82, 2.24) is 9.88 Å². The molecule has 11 nitrogen and oxygen atoms in total. The molecule has 36 heavy (non-hydrogen) atoms. The van der Waals surface area contributed by atoms with Gasteiger partial charge in [-0.3, -0.25) is 34.2 Å². The van der Waals surface area contributed by atoms with Crippen LogP contribution in [0.1, 0.15) is 21.9 Å². The summed E-state index contributed by atoms with van der Waals surface area (Å²) in [5, 5.41) is 20.2. The Morgan fingerprint density at radius 3 is 2.58 bits per heavy atom. The number of nitro groups is 1. The molecule has 3 aromatic rings. The summed E-state index contributed by atoms with van der Waals surface area (Å²) >= 11 is 1.83. The molecule has 0 radical (unpaired) electrons. The van der Waals surface area contributed by atoms with Crippen molar-refractivity contribution in [2.75, 3.05) is 6.54 Å². The highest BCUT2D eigenvalue weighted by Crippen LogP contribution is 2.54. The fourth-order valence-corrected chi connectivity index (χ4v) is 6.99. The second-order valence-electron chi connectivity index (χ2n) is 8.16. The molecule has 3 heterocycles. The number of amides is 2. The molecule has 2 unspecified atom stereocenters. The number of carboxylic acid groups (broad SMARTS) is 1. The van der Waals surface area contributed by atoms with Crippen LogP contribution in [0.15, 0.2) is 58.4 Å². The largest absolute Gasteiger partial charge is 0.489 e. The van der Waals surface area contributed by atoms with E-state index in [1.165, 1.54) is 18.2 Å². The first-order chi connectivity index (χ1) is 17.2. The first-order valence-corrected chi connectivity index (χ1v) is 12.4. The van der Waals surface area contributed by atoms with Gasteiger partial charge >= 0.3 is 10.8 Å². The van der Waals surface area contributed by atoms with Gasteiger partial charge in [0.2, 0.25) is 11.8 Å². The van der Waals surface area contributed by atoms with E-state index in [2.05, 4.69) is 4.98 Å². The Hall–Kier alpha value is -3.97. The van der Waals surface area contributed by atoms with E-state index < -0.39 is 51.2 Å². The van der Waals surface area contributed by atoms with Crippen molar-refractivity contribution < 1.29 is 29.2 Å². The van der Waals surface area contributed by atoms with Crippen LogP contribution in [-0.4, -0.2) is 49.5 Å². The van der Waals surface area contributed by atoms with E-state index in [1.54, 1.807) is 0 Å². The summed E-state index contributed by atoms with van der Waals surface area (Å²) in [6, 6.07) is 13.2. The number of nitrogens with one attached hydrogen (secondary N) is 1. The van der Waals surface area contributed by atoms with E-state index in [4.69, 9.17) is 4.74 Å². The quantitative estimate of drug-likeness (QED) is 0.267. The lowest BCUT2D eigenvalue weighted by Gasteiger charge is -2.30. The van der Waals surface area contributed by atoms with Crippen LogP contribution in [-0.2, 0) is 21.0 Å². The van der Waals surface area contributed by atoms with Crippen LogP contribution in [0.3, 0.4) is 0 Å². The Morgan fingerprint density at radius 1 is 1.14 bits per heavy atom. The molecule has 0 bridgehead atoms. The Bertz CT molecular complexity index is 1450. The number of likely N-dealkylation sites (tertiary alicyclic amines) is 1. The molecule has 1 aromatic heterocycles. The molecule has 2 N–H and O–H groups in total. The molecular weight excluding hydrogens is 510 g/mol. The highest BCUT2D eigenvalue weighted by molar-refractivity contribution is 8.00. The minimum atomic E-state index is -1.35. The van der Waals surface area contributed by atoms with Crippen LogP contribution in [0.25, 0.3) is 0 Å². The fraction of sp³-hybridized carbons (Fsp3) is 0.217. The molecule has 0 spiro atoms. The van der Waals surface area contributed by atoms with Gasteiger partial charge in [0.1, 0.15) is 24.2 Å². The van der Waals surface area contributed by atoms with E-state index in [0.717, 1.165) is 28.7 Å². The zero-order valence-electron chi connectivity index (χ0n) is 18.3. The van der Waals surface area contributed by atoms with Gasteiger partial charge in [-0.25, -0.2) is 0 Å². The number of non-ortho nitro benzene ring substituents is 1. The Kier molecular flexibility index (Phi) is 6.10. The van der Waals surface area contributed by atoms with E-state index in [-0.39, 0.29) is 23.6 Å². The molecular formula is C23H17N3O8S2. The van der Waals surface area contributed by atoms with Crippen LogP contribution in [0.4, 0.5) is 5.69 Å². The second-order valence-corrected chi connectivity index (χ2v) is 10.3.